The molecule has 0 spiro atoms. The van der Waals surface area contributed by atoms with E-state index in [1.165, 1.54) is 0 Å². The minimum atomic E-state index is -3.19. The Bertz CT molecular complexity index is 1000. The minimum absolute atomic E-state index is 0.00254. The number of benzene rings is 1. The molecule has 0 aromatic heterocycles. The summed E-state index contributed by atoms with van der Waals surface area (Å²) in [4.78, 5) is 38.6. The predicted molar refractivity (Wildman–Crippen MR) is 104 cm³/mol. The van der Waals surface area contributed by atoms with E-state index in [9.17, 15) is 22.8 Å². The summed E-state index contributed by atoms with van der Waals surface area (Å²) in [5.41, 5.74) is 1.93. The van der Waals surface area contributed by atoms with Crippen LogP contribution >= 0.6 is 0 Å². The van der Waals surface area contributed by atoms with Gasteiger partial charge in [-0.1, -0.05) is 18.2 Å². The fraction of sp³-hybridized carbons (Fsp3) is 0.474. The molecule has 0 bridgehead atoms. The Labute approximate surface area is 168 Å². The molecule has 9 nitrogen and oxygen atoms in total. The van der Waals surface area contributed by atoms with Crippen molar-refractivity contribution in [1.82, 2.24) is 5.01 Å². The van der Waals surface area contributed by atoms with Crippen molar-refractivity contribution in [2.45, 2.75) is 31.7 Å². The number of sulfone groups is 1. The average molecular weight is 419 g/mol. The van der Waals surface area contributed by atoms with Crippen LogP contribution in [-0.4, -0.2) is 67.6 Å². The maximum atomic E-state index is 12.5. The van der Waals surface area contributed by atoms with Crippen LogP contribution in [0.3, 0.4) is 0 Å². The van der Waals surface area contributed by atoms with Gasteiger partial charge in [-0.3, -0.25) is 9.59 Å². The van der Waals surface area contributed by atoms with Crippen LogP contribution in [0.2, 0.25) is 0 Å². The van der Waals surface area contributed by atoms with Crippen molar-refractivity contribution in [3.8, 4) is 0 Å². The van der Waals surface area contributed by atoms with Gasteiger partial charge in [-0.15, -0.1) is 0 Å². The number of hydrogen-bond acceptors (Lipinski definition) is 7. The van der Waals surface area contributed by atoms with Crippen LogP contribution in [0.4, 0.5) is 5.69 Å². The molecule has 1 fully saturated rings. The molecule has 10 heteroatoms. The van der Waals surface area contributed by atoms with Gasteiger partial charge in [0.1, 0.15) is 5.71 Å². The Balaban J connectivity index is 1.39. The van der Waals surface area contributed by atoms with Crippen molar-refractivity contribution in [2.24, 2.45) is 5.10 Å². The number of fused-ring (bicyclic) bond motifs is 1. The van der Waals surface area contributed by atoms with Gasteiger partial charge in [0.25, 0.3) is 5.91 Å². The van der Waals surface area contributed by atoms with Crippen molar-refractivity contribution in [1.29, 1.82) is 0 Å². The molecule has 154 valence electrons. The van der Waals surface area contributed by atoms with Gasteiger partial charge in [-0.25, -0.2) is 18.2 Å². The van der Waals surface area contributed by atoms with Crippen LogP contribution in [0.5, 0.6) is 0 Å². The van der Waals surface area contributed by atoms with E-state index >= 15 is 0 Å². The quantitative estimate of drug-likeness (QED) is 0.648. The van der Waals surface area contributed by atoms with Crippen LogP contribution in [0, 0.1) is 0 Å². The Hall–Kier alpha value is -2.75. The van der Waals surface area contributed by atoms with Crippen molar-refractivity contribution in [2.75, 3.05) is 29.6 Å². The van der Waals surface area contributed by atoms with E-state index in [0.29, 0.717) is 13.0 Å². The Morgan fingerprint density at radius 1 is 1.17 bits per heavy atom. The molecule has 0 unspecified atom stereocenters. The molecule has 1 aromatic rings. The summed E-state index contributed by atoms with van der Waals surface area (Å²) < 4.78 is 28.5. The molecular weight excluding hydrogens is 398 g/mol. The highest BCUT2D eigenvalue weighted by Gasteiger charge is 2.37. The van der Waals surface area contributed by atoms with Gasteiger partial charge in [-0.2, -0.15) is 5.10 Å². The van der Waals surface area contributed by atoms with E-state index in [4.69, 9.17) is 4.74 Å². The van der Waals surface area contributed by atoms with Crippen molar-refractivity contribution in [3.63, 3.8) is 0 Å². The molecule has 0 radical (unpaired) electrons. The van der Waals surface area contributed by atoms with Gasteiger partial charge >= 0.3 is 5.97 Å². The van der Waals surface area contributed by atoms with Gasteiger partial charge in [-0.05, 0) is 24.5 Å². The molecular formula is C19H21N3O6S. The summed E-state index contributed by atoms with van der Waals surface area (Å²) in [5.74, 6) is -1.55. The highest BCUT2D eigenvalue weighted by atomic mass is 32.2. The van der Waals surface area contributed by atoms with Crippen molar-refractivity contribution >= 4 is 39.0 Å². The summed E-state index contributed by atoms with van der Waals surface area (Å²) >= 11 is 0. The number of hydrogen-bond donors (Lipinski definition) is 0. The lowest BCUT2D eigenvalue weighted by atomic mass is 10.1. The maximum Gasteiger partial charge on any atom is 0.355 e. The third kappa shape index (κ3) is 4.02. The number of anilines is 1. The molecule has 3 heterocycles. The second-order valence-electron chi connectivity index (χ2n) is 7.34. The first-order valence-electron chi connectivity index (χ1n) is 9.49. The SMILES string of the molecule is O=C(OCC(=O)N1CCc2ccccc21)C1=NN([C@@H]2CCS(=O)(=O)C2)C(=O)CC1. The monoisotopic (exact) mass is 419 g/mol. The Morgan fingerprint density at radius 2 is 1.97 bits per heavy atom. The third-order valence-electron chi connectivity index (χ3n) is 5.36. The Morgan fingerprint density at radius 3 is 2.72 bits per heavy atom. The van der Waals surface area contributed by atoms with E-state index in [-0.39, 0.29) is 41.9 Å². The number of hydrazone groups is 1. The predicted octanol–water partition coefficient (Wildman–Crippen LogP) is 0.284. The lowest BCUT2D eigenvalue weighted by molar-refractivity contribution is -0.142. The smallest absolute Gasteiger partial charge is 0.355 e. The lowest BCUT2D eigenvalue weighted by Crippen LogP contribution is -2.42. The van der Waals surface area contributed by atoms with E-state index in [0.717, 1.165) is 22.7 Å². The minimum Gasteiger partial charge on any atom is -0.451 e. The van der Waals surface area contributed by atoms with E-state index < -0.39 is 28.5 Å². The lowest BCUT2D eigenvalue weighted by Gasteiger charge is -2.27. The number of carbonyl (C=O) groups excluding carboxylic acids is 3. The normalized spacial score (nSPS) is 23.0. The number of ether oxygens (including phenoxy) is 1. The summed E-state index contributed by atoms with van der Waals surface area (Å²) in [7, 11) is -3.19. The summed E-state index contributed by atoms with van der Waals surface area (Å²) in [6.07, 6.45) is 1.21. The first kappa shape index (κ1) is 19.6. The summed E-state index contributed by atoms with van der Waals surface area (Å²) in [6.45, 7) is 0.118. The van der Waals surface area contributed by atoms with Crippen LogP contribution in [0.15, 0.2) is 29.4 Å². The van der Waals surface area contributed by atoms with Gasteiger partial charge in [0.2, 0.25) is 5.91 Å². The molecule has 1 saturated heterocycles. The standard InChI is InChI=1S/C19H21N3O6S/c23-17-6-5-15(20-22(17)14-8-10-29(26,27)12-14)19(25)28-11-18(24)21-9-7-13-3-1-2-4-16(13)21/h1-4,14H,5-12H2/t14-/m1/s1. The molecule has 3 aliphatic rings. The molecule has 1 aromatic carbocycles. The third-order valence-corrected chi connectivity index (χ3v) is 7.11. The second-order valence-corrected chi connectivity index (χ2v) is 9.57. The van der Waals surface area contributed by atoms with Gasteiger partial charge in [0, 0.05) is 25.1 Å². The van der Waals surface area contributed by atoms with Crippen molar-refractivity contribution < 1.29 is 27.5 Å². The zero-order valence-corrected chi connectivity index (χ0v) is 16.6. The van der Waals surface area contributed by atoms with E-state index in [2.05, 4.69) is 5.10 Å². The number of nitrogens with zero attached hydrogens (tertiary/aromatic N) is 3. The number of esters is 1. The van der Waals surface area contributed by atoms with E-state index in [1.54, 1.807) is 4.90 Å². The summed E-state index contributed by atoms with van der Waals surface area (Å²) in [5, 5.41) is 5.16. The molecule has 0 aliphatic carbocycles. The first-order chi connectivity index (χ1) is 13.8. The fourth-order valence-electron chi connectivity index (χ4n) is 3.86. The van der Waals surface area contributed by atoms with Gasteiger partial charge in [0.15, 0.2) is 16.4 Å². The molecule has 3 aliphatic heterocycles. The zero-order valence-electron chi connectivity index (χ0n) is 15.7. The largest absolute Gasteiger partial charge is 0.451 e. The number of carbonyl (C=O) groups is 3. The van der Waals surface area contributed by atoms with Crippen LogP contribution < -0.4 is 4.90 Å². The van der Waals surface area contributed by atoms with Crippen LogP contribution in [0.25, 0.3) is 0 Å². The second kappa shape index (κ2) is 7.58. The molecule has 29 heavy (non-hydrogen) atoms. The number of amides is 2. The number of rotatable bonds is 4. The number of para-hydroxylation sites is 1. The molecule has 2 amide bonds. The topological polar surface area (TPSA) is 113 Å². The molecule has 4 rings (SSSR count). The fourth-order valence-corrected chi connectivity index (χ4v) is 5.55. The van der Waals surface area contributed by atoms with Gasteiger partial charge in [0.05, 0.1) is 17.5 Å². The zero-order chi connectivity index (χ0) is 20.6. The van der Waals surface area contributed by atoms with Crippen LogP contribution in [0.1, 0.15) is 24.8 Å². The average Bonchev–Trinajstić information content (AvgIpc) is 3.29. The van der Waals surface area contributed by atoms with Crippen LogP contribution in [-0.2, 0) is 35.4 Å². The maximum absolute atomic E-state index is 12.5. The highest BCUT2D eigenvalue weighted by molar-refractivity contribution is 7.91. The Kier molecular flexibility index (Phi) is 5.12. The van der Waals surface area contributed by atoms with E-state index in [1.807, 2.05) is 24.3 Å². The molecule has 0 N–H and O–H groups in total. The summed E-state index contributed by atoms with van der Waals surface area (Å²) in [6, 6.07) is 7.02. The molecule has 0 saturated carbocycles. The highest BCUT2D eigenvalue weighted by Crippen LogP contribution is 2.27. The molecule has 1 atom stereocenters. The first-order valence-corrected chi connectivity index (χ1v) is 11.3. The van der Waals surface area contributed by atoms with Gasteiger partial charge < -0.3 is 9.64 Å². The van der Waals surface area contributed by atoms with Crippen molar-refractivity contribution in [3.05, 3.63) is 29.8 Å².